The Bertz CT molecular complexity index is 646. The molecular weight excluding hydrogens is 323 g/mol. The van der Waals surface area contributed by atoms with Crippen LogP contribution in [0.4, 0.5) is 0 Å². The molecule has 2 aromatic rings. The molecular formula is C19H23O4P. The zero-order valence-electron chi connectivity index (χ0n) is 13.8. The van der Waals surface area contributed by atoms with E-state index in [-0.39, 0.29) is 18.3 Å². The molecule has 2 aromatic carbocycles. The molecule has 0 fully saturated rings. The molecule has 0 bridgehead atoms. The highest BCUT2D eigenvalue weighted by Crippen LogP contribution is 2.42. The average Bonchev–Trinajstić information content (AvgIpc) is 2.55. The molecule has 0 aliphatic rings. The fourth-order valence-corrected chi connectivity index (χ4v) is 3.79. The number of benzene rings is 2. The van der Waals surface area contributed by atoms with Crippen LogP contribution in [0.5, 0.6) is 0 Å². The molecule has 0 aliphatic carbocycles. The largest absolute Gasteiger partial charge is 0.335 e. The lowest BCUT2D eigenvalue weighted by atomic mass is 9.88. The fourth-order valence-electron chi connectivity index (χ4n) is 2.72. The first kappa shape index (κ1) is 18.6. The summed E-state index contributed by atoms with van der Waals surface area (Å²) in [5, 5.41) is 0. The standard InChI is InChI=1S/C19H23O4P/c1-16(20)15-24(21,22)23-14-8-13-19(17-9-4-2-5-10-17)18-11-6-3-7-12-18/h2-7,9-12,19H,8,13-15H2,1H3,(H,21,22). The van der Waals surface area contributed by atoms with Gasteiger partial charge in [-0.05, 0) is 30.9 Å². The summed E-state index contributed by atoms with van der Waals surface area (Å²) in [6, 6.07) is 20.4. The van der Waals surface area contributed by atoms with Gasteiger partial charge in [-0.15, -0.1) is 0 Å². The van der Waals surface area contributed by atoms with E-state index < -0.39 is 13.8 Å². The number of hydrogen-bond donors (Lipinski definition) is 1. The first-order valence-corrected chi connectivity index (χ1v) is 9.80. The summed E-state index contributed by atoms with van der Waals surface area (Å²) in [4.78, 5) is 20.6. The van der Waals surface area contributed by atoms with Crippen molar-refractivity contribution < 1.29 is 18.8 Å². The fraction of sp³-hybridized carbons (Fsp3) is 0.316. The molecule has 0 aromatic heterocycles. The van der Waals surface area contributed by atoms with Crippen molar-refractivity contribution in [3.8, 4) is 0 Å². The third-order valence-electron chi connectivity index (χ3n) is 3.76. The first-order chi connectivity index (χ1) is 11.5. The molecule has 0 amide bonds. The van der Waals surface area contributed by atoms with Gasteiger partial charge in [0.25, 0.3) is 0 Å². The monoisotopic (exact) mass is 346 g/mol. The third-order valence-corrected chi connectivity index (χ3v) is 5.19. The molecule has 0 saturated carbocycles. The number of carbonyl (C=O) groups excluding carboxylic acids is 1. The lowest BCUT2D eigenvalue weighted by molar-refractivity contribution is -0.114. The van der Waals surface area contributed by atoms with Crippen LogP contribution in [0.15, 0.2) is 60.7 Å². The van der Waals surface area contributed by atoms with Crippen LogP contribution < -0.4 is 0 Å². The SMILES string of the molecule is CC(=O)CP(=O)(O)OCCCC(c1ccccc1)c1ccccc1. The van der Waals surface area contributed by atoms with Gasteiger partial charge in [-0.2, -0.15) is 0 Å². The molecule has 0 heterocycles. The van der Waals surface area contributed by atoms with Crippen LogP contribution in [-0.2, 0) is 13.9 Å². The number of ketones is 1. The molecule has 1 unspecified atom stereocenters. The van der Waals surface area contributed by atoms with Crippen molar-refractivity contribution in [3.05, 3.63) is 71.8 Å². The second-order valence-electron chi connectivity index (χ2n) is 5.85. The van der Waals surface area contributed by atoms with Gasteiger partial charge in [0.15, 0.2) is 0 Å². The van der Waals surface area contributed by atoms with Crippen LogP contribution in [0.1, 0.15) is 36.8 Å². The summed E-state index contributed by atoms with van der Waals surface area (Å²) in [7, 11) is -3.80. The van der Waals surface area contributed by atoms with E-state index in [4.69, 9.17) is 4.52 Å². The maximum absolute atomic E-state index is 11.7. The summed E-state index contributed by atoms with van der Waals surface area (Å²) in [6.45, 7) is 1.45. The van der Waals surface area contributed by atoms with E-state index in [9.17, 15) is 14.3 Å². The number of carbonyl (C=O) groups is 1. The van der Waals surface area contributed by atoms with Crippen molar-refractivity contribution in [3.63, 3.8) is 0 Å². The van der Waals surface area contributed by atoms with Crippen molar-refractivity contribution in [2.24, 2.45) is 0 Å². The summed E-state index contributed by atoms with van der Waals surface area (Å²) < 4.78 is 16.8. The van der Waals surface area contributed by atoms with Crippen molar-refractivity contribution in [2.45, 2.75) is 25.7 Å². The Kier molecular flexibility index (Phi) is 6.92. The van der Waals surface area contributed by atoms with Crippen LogP contribution in [0.2, 0.25) is 0 Å². The molecule has 0 radical (unpaired) electrons. The number of rotatable bonds is 9. The molecule has 5 heteroatoms. The van der Waals surface area contributed by atoms with Crippen molar-refractivity contribution in [1.82, 2.24) is 0 Å². The van der Waals surface area contributed by atoms with Crippen LogP contribution in [0, 0.1) is 0 Å². The Morgan fingerprint density at radius 1 is 1.04 bits per heavy atom. The minimum Gasteiger partial charge on any atom is -0.324 e. The molecule has 0 aliphatic heterocycles. The smallest absolute Gasteiger partial charge is 0.324 e. The quantitative estimate of drug-likeness (QED) is 0.540. The van der Waals surface area contributed by atoms with Crippen LogP contribution in [-0.4, -0.2) is 23.4 Å². The zero-order valence-corrected chi connectivity index (χ0v) is 14.7. The molecule has 4 nitrogen and oxygen atoms in total. The van der Waals surface area contributed by atoms with Crippen molar-refractivity contribution >= 4 is 13.4 Å². The van der Waals surface area contributed by atoms with Crippen LogP contribution in [0.25, 0.3) is 0 Å². The van der Waals surface area contributed by atoms with E-state index >= 15 is 0 Å². The van der Waals surface area contributed by atoms with Gasteiger partial charge in [0.05, 0.1) is 6.61 Å². The van der Waals surface area contributed by atoms with E-state index in [1.54, 1.807) is 0 Å². The predicted molar refractivity (Wildman–Crippen MR) is 95.3 cm³/mol. The molecule has 0 spiro atoms. The maximum Gasteiger partial charge on any atom is 0.335 e. The van der Waals surface area contributed by atoms with E-state index in [0.717, 1.165) is 6.42 Å². The van der Waals surface area contributed by atoms with E-state index in [1.807, 2.05) is 36.4 Å². The van der Waals surface area contributed by atoms with E-state index in [0.29, 0.717) is 6.42 Å². The summed E-state index contributed by atoms with van der Waals surface area (Å²) in [5.74, 6) is -0.130. The van der Waals surface area contributed by atoms with Gasteiger partial charge in [-0.1, -0.05) is 60.7 Å². The highest BCUT2D eigenvalue weighted by Gasteiger charge is 2.22. The highest BCUT2D eigenvalue weighted by molar-refractivity contribution is 7.53. The Balaban J connectivity index is 1.98. The summed E-state index contributed by atoms with van der Waals surface area (Å²) in [5.41, 5.74) is 2.42. The Morgan fingerprint density at radius 3 is 2.00 bits per heavy atom. The predicted octanol–water partition coefficient (Wildman–Crippen LogP) is 4.39. The van der Waals surface area contributed by atoms with E-state index in [2.05, 4.69) is 24.3 Å². The zero-order chi connectivity index (χ0) is 17.4. The number of Topliss-reactive ketones (excluding diaryl/α,β-unsaturated/α-hetero) is 1. The summed E-state index contributed by atoms with van der Waals surface area (Å²) in [6.07, 6.45) is 1.01. The minimum atomic E-state index is -3.80. The van der Waals surface area contributed by atoms with Gasteiger partial charge in [0.1, 0.15) is 11.9 Å². The van der Waals surface area contributed by atoms with Gasteiger partial charge in [-0.3, -0.25) is 9.36 Å². The van der Waals surface area contributed by atoms with E-state index in [1.165, 1.54) is 18.1 Å². The molecule has 128 valence electrons. The van der Waals surface area contributed by atoms with Crippen molar-refractivity contribution in [2.75, 3.05) is 12.8 Å². The lowest BCUT2D eigenvalue weighted by Gasteiger charge is -2.18. The average molecular weight is 346 g/mol. The third kappa shape index (κ3) is 6.04. The first-order valence-electron chi connectivity index (χ1n) is 8.03. The second kappa shape index (κ2) is 8.93. The molecule has 2 rings (SSSR count). The second-order valence-corrected chi connectivity index (χ2v) is 7.70. The molecule has 0 saturated heterocycles. The Hall–Kier alpha value is -1.74. The van der Waals surface area contributed by atoms with Crippen LogP contribution >= 0.6 is 7.60 Å². The van der Waals surface area contributed by atoms with Crippen LogP contribution in [0.3, 0.4) is 0 Å². The minimum absolute atomic E-state index is 0.164. The Labute approximate surface area is 143 Å². The molecule has 24 heavy (non-hydrogen) atoms. The topological polar surface area (TPSA) is 63.6 Å². The number of hydrogen-bond acceptors (Lipinski definition) is 3. The van der Waals surface area contributed by atoms with Gasteiger partial charge < -0.3 is 9.42 Å². The van der Waals surface area contributed by atoms with Crippen molar-refractivity contribution in [1.29, 1.82) is 0 Å². The van der Waals surface area contributed by atoms with Gasteiger partial charge in [0, 0.05) is 5.92 Å². The highest BCUT2D eigenvalue weighted by atomic mass is 31.2. The maximum atomic E-state index is 11.7. The van der Waals surface area contributed by atoms with Gasteiger partial charge >= 0.3 is 7.60 Å². The van der Waals surface area contributed by atoms with Gasteiger partial charge in [0.2, 0.25) is 0 Å². The molecule has 1 atom stereocenters. The molecule has 1 N–H and O–H groups in total. The summed E-state index contributed by atoms with van der Waals surface area (Å²) >= 11 is 0. The Morgan fingerprint density at radius 2 is 1.54 bits per heavy atom. The van der Waals surface area contributed by atoms with Gasteiger partial charge in [-0.25, -0.2) is 0 Å². The lowest BCUT2D eigenvalue weighted by Crippen LogP contribution is -2.06. The normalized spacial score (nSPS) is 13.6.